The van der Waals surface area contributed by atoms with Gasteiger partial charge in [-0.3, -0.25) is 19.2 Å². The zero-order chi connectivity index (χ0) is 35.7. The van der Waals surface area contributed by atoms with Crippen molar-refractivity contribution in [3.8, 4) is 0 Å². The summed E-state index contributed by atoms with van der Waals surface area (Å²) in [7, 11) is 0. The first-order valence-electron chi connectivity index (χ1n) is 16.0. The lowest BCUT2D eigenvalue weighted by Crippen LogP contribution is -2.80. The van der Waals surface area contributed by atoms with Crippen molar-refractivity contribution in [2.75, 3.05) is 0 Å². The maximum absolute atomic E-state index is 13.9. The zero-order valence-corrected chi connectivity index (χ0v) is 28.4. The van der Waals surface area contributed by atoms with Crippen LogP contribution in [0.15, 0.2) is 42.5 Å². The Morgan fingerprint density at radius 2 is 1.35 bits per heavy atom. The number of aliphatic hydroxyl groups is 2. The third-order valence-electron chi connectivity index (χ3n) is 10.9. The summed E-state index contributed by atoms with van der Waals surface area (Å²) >= 11 is 0. The molecule has 13 nitrogen and oxygen atoms in total. The van der Waals surface area contributed by atoms with Crippen molar-refractivity contribution in [2.45, 2.75) is 115 Å². The fourth-order valence-corrected chi connectivity index (χ4v) is 9.26. The topological polar surface area (TPSA) is 181 Å². The molecule has 5 fully saturated rings. The molecule has 2 saturated heterocycles. The van der Waals surface area contributed by atoms with E-state index in [-0.39, 0.29) is 17.6 Å². The van der Waals surface area contributed by atoms with Crippen LogP contribution >= 0.6 is 0 Å². The van der Waals surface area contributed by atoms with Gasteiger partial charge < -0.3 is 38.6 Å². The number of hydrogen-bond acceptors (Lipinski definition) is 13. The van der Waals surface area contributed by atoms with E-state index in [4.69, 9.17) is 28.4 Å². The molecule has 0 aromatic heterocycles. The molecule has 5 aliphatic rings. The minimum absolute atomic E-state index is 0.0912. The van der Waals surface area contributed by atoms with Crippen LogP contribution in [0.25, 0.3) is 0 Å². The third kappa shape index (κ3) is 4.87. The van der Waals surface area contributed by atoms with E-state index < -0.39 is 106 Å². The van der Waals surface area contributed by atoms with Gasteiger partial charge in [-0.2, -0.15) is 0 Å². The number of carbonyl (C=O) groups is 5. The number of hydrogen-bond donors (Lipinski definition) is 2. The van der Waals surface area contributed by atoms with Gasteiger partial charge in [0.2, 0.25) is 5.60 Å². The molecule has 1 aromatic carbocycles. The first kappa shape index (κ1) is 35.5. The lowest BCUT2D eigenvalue weighted by molar-refractivity contribution is -0.391. The van der Waals surface area contributed by atoms with Crippen molar-refractivity contribution in [1.82, 2.24) is 0 Å². The molecule has 6 rings (SSSR count). The molecule has 13 heteroatoms. The molecule has 13 atom stereocenters. The lowest BCUT2D eigenvalue weighted by atomic mass is 9.52. The van der Waals surface area contributed by atoms with Crippen molar-refractivity contribution in [3.63, 3.8) is 0 Å². The number of aliphatic hydroxyl groups excluding tert-OH is 1. The maximum atomic E-state index is 13.9. The van der Waals surface area contributed by atoms with Gasteiger partial charge >= 0.3 is 29.8 Å². The number of benzene rings is 1. The van der Waals surface area contributed by atoms with Crippen molar-refractivity contribution >= 4 is 29.8 Å². The van der Waals surface area contributed by atoms with E-state index in [9.17, 15) is 34.2 Å². The molecule has 3 saturated carbocycles. The molecule has 1 spiro atoms. The molecule has 2 N–H and O–H groups in total. The summed E-state index contributed by atoms with van der Waals surface area (Å²) in [6.45, 7) is 15.0. The zero-order valence-electron chi connectivity index (χ0n) is 28.4. The Hall–Kier alpha value is -3.81. The van der Waals surface area contributed by atoms with Gasteiger partial charge in [0.1, 0.15) is 17.3 Å². The third-order valence-corrected chi connectivity index (χ3v) is 10.9. The van der Waals surface area contributed by atoms with Crippen LogP contribution in [0.3, 0.4) is 0 Å². The fraction of sp³-hybridized carbons (Fsp3) is 0.629. The summed E-state index contributed by atoms with van der Waals surface area (Å²) in [6, 6.07) is 7.95. The molecule has 1 aromatic rings. The summed E-state index contributed by atoms with van der Waals surface area (Å²) in [5.74, 6) is -8.32. The second-order valence-electron chi connectivity index (χ2n) is 14.0. The van der Waals surface area contributed by atoms with Gasteiger partial charge in [-0.1, -0.05) is 38.6 Å². The predicted octanol–water partition coefficient (Wildman–Crippen LogP) is 2.44. The summed E-state index contributed by atoms with van der Waals surface area (Å²) in [5.41, 5.74) is -7.54. The van der Waals surface area contributed by atoms with Gasteiger partial charge in [-0.25, -0.2) is 4.79 Å². The normalized spacial score (nSPS) is 42.4. The number of carbonyl (C=O) groups excluding carboxylic acids is 5. The van der Waals surface area contributed by atoms with Gasteiger partial charge in [-0.05, 0) is 43.9 Å². The van der Waals surface area contributed by atoms with Gasteiger partial charge in [0.05, 0.1) is 23.2 Å². The Kier molecular flexibility index (Phi) is 8.84. The summed E-state index contributed by atoms with van der Waals surface area (Å²) in [6.07, 6.45) is -7.21. The molecule has 0 amide bonds. The predicted molar refractivity (Wildman–Crippen MR) is 165 cm³/mol. The highest BCUT2D eigenvalue weighted by atomic mass is 16.7. The highest BCUT2D eigenvalue weighted by Crippen LogP contribution is 2.70. The van der Waals surface area contributed by atoms with Crippen LogP contribution in [0, 0.1) is 23.7 Å². The van der Waals surface area contributed by atoms with E-state index in [2.05, 4.69) is 6.58 Å². The molecule has 48 heavy (non-hydrogen) atoms. The van der Waals surface area contributed by atoms with E-state index in [0.717, 1.165) is 20.8 Å². The summed E-state index contributed by atoms with van der Waals surface area (Å²) in [4.78, 5) is 65.3. The van der Waals surface area contributed by atoms with Crippen LogP contribution in [-0.4, -0.2) is 93.0 Å². The van der Waals surface area contributed by atoms with E-state index in [1.54, 1.807) is 32.0 Å². The van der Waals surface area contributed by atoms with Gasteiger partial charge in [-0.15, -0.1) is 0 Å². The van der Waals surface area contributed by atoms with Crippen LogP contribution in [0.1, 0.15) is 72.2 Å². The quantitative estimate of drug-likeness (QED) is 0.245. The lowest BCUT2D eigenvalue weighted by Gasteiger charge is -2.62. The van der Waals surface area contributed by atoms with Gasteiger partial charge in [0, 0.05) is 39.5 Å². The van der Waals surface area contributed by atoms with E-state index in [1.807, 2.05) is 0 Å². The van der Waals surface area contributed by atoms with Crippen molar-refractivity contribution < 1.29 is 62.6 Å². The van der Waals surface area contributed by atoms with Crippen LogP contribution in [0.2, 0.25) is 0 Å². The molecular weight excluding hydrogens is 628 g/mol. The van der Waals surface area contributed by atoms with Crippen molar-refractivity contribution in [3.05, 3.63) is 48.0 Å². The SMILES string of the molecule is C=C(C)C1(OC(=O)c2ccccc2)C(OC(C)=O)C(C)C2(O)C(C(OC(C)=O)C3(C)OC4(C(O)C(C)CC24)C3OC(C)=O)C1OC(C)=O. The largest absolute Gasteiger partial charge is 0.459 e. The number of esters is 5. The molecule has 2 bridgehead atoms. The van der Waals surface area contributed by atoms with Crippen LogP contribution in [0.4, 0.5) is 0 Å². The van der Waals surface area contributed by atoms with Gasteiger partial charge in [0.15, 0.2) is 18.3 Å². The molecule has 2 heterocycles. The van der Waals surface area contributed by atoms with Crippen molar-refractivity contribution in [1.29, 1.82) is 0 Å². The maximum Gasteiger partial charge on any atom is 0.339 e. The second-order valence-corrected chi connectivity index (χ2v) is 14.0. The molecule has 13 unspecified atom stereocenters. The highest BCUT2D eigenvalue weighted by molar-refractivity contribution is 5.90. The average Bonchev–Trinajstić information content (AvgIpc) is 3.20. The van der Waals surface area contributed by atoms with E-state index in [1.165, 1.54) is 32.9 Å². The fourth-order valence-electron chi connectivity index (χ4n) is 9.26. The van der Waals surface area contributed by atoms with Gasteiger partial charge in [0.25, 0.3) is 0 Å². The molecule has 262 valence electrons. The summed E-state index contributed by atoms with van der Waals surface area (Å²) < 4.78 is 36.8. The van der Waals surface area contributed by atoms with Crippen LogP contribution in [0.5, 0.6) is 0 Å². The van der Waals surface area contributed by atoms with E-state index >= 15 is 0 Å². The smallest absolute Gasteiger partial charge is 0.339 e. The van der Waals surface area contributed by atoms with E-state index in [0.29, 0.717) is 0 Å². The van der Waals surface area contributed by atoms with Crippen LogP contribution in [-0.2, 0) is 47.6 Å². The monoisotopic (exact) mass is 672 g/mol. The summed E-state index contributed by atoms with van der Waals surface area (Å²) in [5, 5.41) is 25.2. The minimum atomic E-state index is -2.17. The first-order valence-corrected chi connectivity index (χ1v) is 16.0. The Bertz CT molecular complexity index is 1530. The highest BCUT2D eigenvalue weighted by Gasteiger charge is 2.88. The van der Waals surface area contributed by atoms with Crippen LogP contribution < -0.4 is 0 Å². The molecule has 3 aliphatic carbocycles. The minimum Gasteiger partial charge on any atom is -0.459 e. The Labute approximate surface area is 278 Å². The average molecular weight is 673 g/mol. The Morgan fingerprint density at radius 3 is 1.88 bits per heavy atom. The molecule has 0 radical (unpaired) electrons. The Balaban J connectivity index is 1.87. The van der Waals surface area contributed by atoms with Crippen molar-refractivity contribution in [2.24, 2.45) is 23.7 Å². The second kappa shape index (κ2) is 12.0. The molecular formula is C35H44O13. The standard InChI is InChI=1S/C35H44O13/c1-16(2)34(47-30(41)23-13-11-10-12-14-23)27(43-19(5)36)18(4)33(42)24-15-17(3)26(40)35(24)31(46-22(8)39)32(9,48-35)28(44-20(6)37)25(33)29(34)45-21(7)38/h10-14,17-18,24-29,31,40,42H,1,15H2,2-9H3. The Morgan fingerprint density at radius 1 is 0.833 bits per heavy atom. The number of ether oxygens (including phenoxy) is 6. The number of rotatable bonds is 7. The first-order chi connectivity index (χ1) is 22.3. The molecule has 2 aliphatic heterocycles.